The Morgan fingerprint density at radius 3 is 2.75 bits per heavy atom. The molecular formula is C8H14O4. The second-order valence-corrected chi connectivity index (χ2v) is 2.80. The Kier molecular flexibility index (Phi) is 4.54. The zero-order valence-corrected chi connectivity index (χ0v) is 7.12. The van der Waals surface area contributed by atoms with E-state index in [1.165, 1.54) is 6.92 Å². The fourth-order valence-electron chi connectivity index (χ4n) is 0.775. The highest BCUT2D eigenvalue weighted by molar-refractivity contribution is 5.71. The van der Waals surface area contributed by atoms with Gasteiger partial charge in [-0.1, -0.05) is 6.58 Å². The van der Waals surface area contributed by atoms with Gasteiger partial charge in [0.15, 0.2) is 0 Å². The molecule has 0 heterocycles. The highest BCUT2D eigenvalue weighted by Gasteiger charge is 2.24. The smallest absolute Gasteiger partial charge is 0.313 e. The third kappa shape index (κ3) is 4.87. The van der Waals surface area contributed by atoms with E-state index in [9.17, 15) is 9.90 Å². The second-order valence-electron chi connectivity index (χ2n) is 2.80. The van der Waals surface area contributed by atoms with Crippen LogP contribution in [0.5, 0.6) is 0 Å². The first kappa shape index (κ1) is 11.1. The largest absolute Gasteiger partial charge is 0.435 e. The number of carbonyl (C=O) groups is 1. The maximum Gasteiger partial charge on any atom is 0.313 e. The van der Waals surface area contributed by atoms with Gasteiger partial charge in [0.05, 0.1) is 18.3 Å². The molecule has 0 saturated heterocycles. The van der Waals surface area contributed by atoms with Gasteiger partial charge >= 0.3 is 5.97 Å². The van der Waals surface area contributed by atoms with Crippen LogP contribution in [0.25, 0.3) is 0 Å². The van der Waals surface area contributed by atoms with Gasteiger partial charge in [0, 0.05) is 6.61 Å². The number of rotatable bonds is 5. The van der Waals surface area contributed by atoms with Crippen molar-refractivity contribution >= 4 is 5.97 Å². The standard InChI is InChI=1S/C8H14O4/c1-3-12-7(10)6-8(2,11)4-5-9/h3,9,11H,1,4-6H2,2H3/t8-/m1/s1. The summed E-state index contributed by atoms with van der Waals surface area (Å²) in [5, 5.41) is 17.9. The first-order valence-corrected chi connectivity index (χ1v) is 3.65. The van der Waals surface area contributed by atoms with E-state index in [2.05, 4.69) is 11.3 Å². The summed E-state index contributed by atoms with van der Waals surface area (Å²) in [7, 11) is 0. The maximum atomic E-state index is 10.8. The molecule has 4 nitrogen and oxygen atoms in total. The van der Waals surface area contributed by atoms with Crippen molar-refractivity contribution in [3.8, 4) is 0 Å². The molecule has 0 aliphatic rings. The molecule has 0 bridgehead atoms. The molecule has 0 aliphatic carbocycles. The summed E-state index contributed by atoms with van der Waals surface area (Å²) in [6, 6.07) is 0. The van der Waals surface area contributed by atoms with E-state index >= 15 is 0 Å². The lowest BCUT2D eigenvalue weighted by Crippen LogP contribution is -2.29. The summed E-state index contributed by atoms with van der Waals surface area (Å²) in [5.74, 6) is -0.552. The summed E-state index contributed by atoms with van der Waals surface area (Å²) in [6.07, 6.45) is 1.02. The van der Waals surface area contributed by atoms with Crippen LogP contribution in [0.3, 0.4) is 0 Å². The van der Waals surface area contributed by atoms with Crippen molar-refractivity contribution < 1.29 is 19.7 Å². The van der Waals surface area contributed by atoms with Crippen molar-refractivity contribution in [2.75, 3.05) is 6.61 Å². The lowest BCUT2D eigenvalue weighted by molar-refractivity contribution is -0.143. The normalized spacial score (nSPS) is 14.9. The Morgan fingerprint density at radius 1 is 1.75 bits per heavy atom. The molecule has 0 unspecified atom stereocenters. The van der Waals surface area contributed by atoms with Crippen molar-refractivity contribution in [1.82, 2.24) is 0 Å². The van der Waals surface area contributed by atoms with E-state index in [1.54, 1.807) is 0 Å². The topological polar surface area (TPSA) is 66.8 Å². The van der Waals surface area contributed by atoms with E-state index in [1.807, 2.05) is 0 Å². The molecule has 1 atom stereocenters. The molecule has 0 spiro atoms. The summed E-state index contributed by atoms with van der Waals surface area (Å²) in [6.45, 7) is 4.51. The quantitative estimate of drug-likeness (QED) is 0.461. The Balaban J connectivity index is 3.87. The molecule has 0 aromatic rings. The molecule has 0 rings (SSSR count). The highest BCUT2D eigenvalue weighted by Crippen LogP contribution is 2.14. The van der Waals surface area contributed by atoms with Crippen LogP contribution in [-0.4, -0.2) is 28.4 Å². The van der Waals surface area contributed by atoms with Gasteiger partial charge in [-0.2, -0.15) is 0 Å². The zero-order chi connectivity index (χ0) is 9.61. The summed E-state index contributed by atoms with van der Waals surface area (Å²) in [4.78, 5) is 10.8. The van der Waals surface area contributed by atoms with Crippen LogP contribution in [-0.2, 0) is 9.53 Å². The molecule has 12 heavy (non-hydrogen) atoms. The molecule has 0 amide bonds. The van der Waals surface area contributed by atoms with Crippen molar-refractivity contribution in [3.63, 3.8) is 0 Å². The minimum Gasteiger partial charge on any atom is -0.435 e. The average molecular weight is 174 g/mol. The Labute approximate surface area is 71.5 Å². The first-order chi connectivity index (χ1) is 5.52. The highest BCUT2D eigenvalue weighted by atomic mass is 16.5. The third-order valence-corrected chi connectivity index (χ3v) is 1.39. The van der Waals surface area contributed by atoms with Crippen LogP contribution in [0.2, 0.25) is 0 Å². The number of ether oxygens (including phenoxy) is 1. The molecule has 0 aliphatic heterocycles. The van der Waals surface area contributed by atoms with Crippen LogP contribution in [0.1, 0.15) is 19.8 Å². The number of hydrogen-bond acceptors (Lipinski definition) is 4. The van der Waals surface area contributed by atoms with Gasteiger partial charge in [-0.05, 0) is 13.3 Å². The van der Waals surface area contributed by atoms with Gasteiger partial charge in [-0.15, -0.1) is 0 Å². The van der Waals surface area contributed by atoms with Crippen molar-refractivity contribution in [3.05, 3.63) is 12.8 Å². The van der Waals surface area contributed by atoms with Crippen LogP contribution in [0.4, 0.5) is 0 Å². The summed E-state index contributed by atoms with van der Waals surface area (Å²) in [5.41, 5.74) is -1.20. The Bertz CT molecular complexity index is 162. The van der Waals surface area contributed by atoms with Crippen molar-refractivity contribution in [2.24, 2.45) is 0 Å². The lowest BCUT2D eigenvalue weighted by Gasteiger charge is -2.19. The molecule has 0 fully saturated rings. The fraction of sp³-hybridized carbons (Fsp3) is 0.625. The molecule has 0 aromatic carbocycles. The van der Waals surface area contributed by atoms with Gasteiger partial charge < -0.3 is 14.9 Å². The fourth-order valence-corrected chi connectivity index (χ4v) is 0.775. The molecule has 0 radical (unpaired) electrons. The first-order valence-electron chi connectivity index (χ1n) is 3.65. The van der Waals surface area contributed by atoms with Crippen molar-refractivity contribution in [2.45, 2.75) is 25.4 Å². The van der Waals surface area contributed by atoms with Crippen molar-refractivity contribution in [1.29, 1.82) is 0 Å². The molecule has 2 N–H and O–H groups in total. The van der Waals surface area contributed by atoms with E-state index in [0.29, 0.717) is 0 Å². The minimum atomic E-state index is -1.20. The number of hydrogen-bond donors (Lipinski definition) is 2. The van der Waals surface area contributed by atoms with E-state index < -0.39 is 11.6 Å². The number of carbonyl (C=O) groups excluding carboxylic acids is 1. The molecule has 0 saturated carbocycles. The minimum absolute atomic E-state index is 0.139. The number of esters is 1. The summed E-state index contributed by atoms with van der Waals surface area (Å²) >= 11 is 0. The SMILES string of the molecule is C=COC(=O)C[C@](C)(O)CCO. The van der Waals surface area contributed by atoms with E-state index in [4.69, 9.17) is 5.11 Å². The number of aliphatic hydroxyl groups is 2. The van der Waals surface area contributed by atoms with Crippen LogP contribution < -0.4 is 0 Å². The second kappa shape index (κ2) is 4.90. The lowest BCUT2D eigenvalue weighted by atomic mass is 9.99. The average Bonchev–Trinajstić information content (AvgIpc) is 1.85. The Morgan fingerprint density at radius 2 is 2.33 bits per heavy atom. The van der Waals surface area contributed by atoms with Crippen LogP contribution in [0.15, 0.2) is 12.8 Å². The van der Waals surface area contributed by atoms with Gasteiger partial charge in [0.1, 0.15) is 0 Å². The van der Waals surface area contributed by atoms with E-state index in [0.717, 1.165) is 6.26 Å². The number of aliphatic hydroxyl groups excluding tert-OH is 1. The van der Waals surface area contributed by atoms with Crippen LogP contribution >= 0.6 is 0 Å². The maximum absolute atomic E-state index is 10.8. The van der Waals surface area contributed by atoms with Gasteiger partial charge in [-0.3, -0.25) is 4.79 Å². The monoisotopic (exact) mass is 174 g/mol. The van der Waals surface area contributed by atoms with Gasteiger partial charge in [0.25, 0.3) is 0 Å². The summed E-state index contributed by atoms with van der Waals surface area (Å²) < 4.78 is 4.41. The third-order valence-electron chi connectivity index (χ3n) is 1.39. The zero-order valence-electron chi connectivity index (χ0n) is 7.12. The molecule has 0 aromatic heterocycles. The molecule has 4 heteroatoms. The van der Waals surface area contributed by atoms with E-state index in [-0.39, 0.29) is 19.4 Å². The van der Waals surface area contributed by atoms with Gasteiger partial charge in [-0.25, -0.2) is 0 Å². The van der Waals surface area contributed by atoms with Crippen LogP contribution in [0, 0.1) is 0 Å². The predicted octanol–water partition coefficient (Wildman–Crippen LogP) is 0.197. The molecular weight excluding hydrogens is 160 g/mol. The van der Waals surface area contributed by atoms with Gasteiger partial charge in [0.2, 0.25) is 0 Å². The molecule has 70 valence electrons. The Hall–Kier alpha value is -0.870. The predicted molar refractivity (Wildman–Crippen MR) is 43.2 cm³/mol.